The largest absolute Gasteiger partial charge is 0.376 e. The first kappa shape index (κ1) is 17.2. The average Bonchev–Trinajstić information content (AvgIpc) is 2.70. The molecule has 2 fully saturated rings. The minimum Gasteiger partial charge on any atom is -0.376 e. The number of rotatable bonds is 3. The van der Waals surface area contributed by atoms with Gasteiger partial charge in [-0.15, -0.1) is 0 Å². The van der Waals surface area contributed by atoms with Crippen LogP contribution in [0.3, 0.4) is 0 Å². The van der Waals surface area contributed by atoms with Gasteiger partial charge in [0.25, 0.3) is 0 Å². The van der Waals surface area contributed by atoms with Crippen molar-refractivity contribution in [1.29, 1.82) is 0 Å². The van der Waals surface area contributed by atoms with E-state index in [0.717, 1.165) is 38.6 Å². The van der Waals surface area contributed by atoms with Gasteiger partial charge in [0.05, 0.1) is 12.7 Å². The molecule has 0 aromatic rings. The van der Waals surface area contributed by atoms with Crippen LogP contribution in [-0.4, -0.2) is 42.8 Å². The molecule has 1 aliphatic carbocycles. The van der Waals surface area contributed by atoms with Gasteiger partial charge in [0.1, 0.15) is 0 Å². The van der Waals surface area contributed by atoms with E-state index in [-0.39, 0.29) is 5.54 Å². The first-order valence-corrected chi connectivity index (χ1v) is 8.98. The molecule has 0 spiro atoms. The van der Waals surface area contributed by atoms with Gasteiger partial charge < -0.3 is 10.5 Å². The summed E-state index contributed by atoms with van der Waals surface area (Å²) in [5.41, 5.74) is 6.96. The van der Waals surface area contributed by atoms with Crippen LogP contribution in [0, 0.1) is 11.3 Å². The van der Waals surface area contributed by atoms with Gasteiger partial charge in [-0.2, -0.15) is 0 Å². The smallest absolute Gasteiger partial charge is 0.0700 e. The van der Waals surface area contributed by atoms with E-state index in [9.17, 15) is 0 Å². The Balaban J connectivity index is 2.07. The van der Waals surface area contributed by atoms with Crippen molar-refractivity contribution in [3.8, 4) is 0 Å². The predicted octanol–water partition coefficient (Wildman–Crippen LogP) is 3.42. The molecular formula is C18H36N2O. The van der Waals surface area contributed by atoms with Crippen LogP contribution >= 0.6 is 0 Å². The van der Waals surface area contributed by atoms with Crippen LogP contribution in [0.1, 0.15) is 66.2 Å². The van der Waals surface area contributed by atoms with Crippen LogP contribution in [-0.2, 0) is 4.74 Å². The number of hydrogen-bond acceptors (Lipinski definition) is 3. The van der Waals surface area contributed by atoms with Crippen molar-refractivity contribution in [1.82, 2.24) is 4.90 Å². The Morgan fingerprint density at radius 1 is 1.24 bits per heavy atom. The SMILES string of the molecule is CCC1CN(C2(CN)CCCC(C(C)(C)C)CC2)CCO1. The molecule has 0 amide bonds. The van der Waals surface area contributed by atoms with Gasteiger partial charge in [-0.1, -0.05) is 34.1 Å². The first-order valence-electron chi connectivity index (χ1n) is 8.98. The van der Waals surface area contributed by atoms with Gasteiger partial charge in [0.2, 0.25) is 0 Å². The third-order valence-electron chi connectivity index (χ3n) is 6.02. The molecule has 0 radical (unpaired) electrons. The Bertz CT molecular complexity index is 326. The highest BCUT2D eigenvalue weighted by molar-refractivity contribution is 4.97. The van der Waals surface area contributed by atoms with Crippen molar-refractivity contribution in [2.75, 3.05) is 26.2 Å². The van der Waals surface area contributed by atoms with Crippen molar-refractivity contribution in [2.24, 2.45) is 17.1 Å². The Hall–Kier alpha value is -0.120. The number of hydrogen-bond donors (Lipinski definition) is 1. The van der Waals surface area contributed by atoms with Gasteiger partial charge in [-0.3, -0.25) is 4.90 Å². The zero-order chi connectivity index (χ0) is 15.5. The molecule has 1 saturated carbocycles. The van der Waals surface area contributed by atoms with Gasteiger partial charge >= 0.3 is 0 Å². The minimum absolute atomic E-state index is 0.233. The second-order valence-corrected chi connectivity index (χ2v) is 8.27. The van der Waals surface area contributed by atoms with Crippen LogP contribution in [0.15, 0.2) is 0 Å². The summed E-state index contributed by atoms with van der Waals surface area (Å²) in [5, 5.41) is 0. The quantitative estimate of drug-likeness (QED) is 0.811. The summed E-state index contributed by atoms with van der Waals surface area (Å²) in [5.74, 6) is 0.842. The molecule has 0 aromatic carbocycles. The lowest BCUT2D eigenvalue weighted by Gasteiger charge is -2.47. The number of nitrogens with two attached hydrogens (primary N) is 1. The van der Waals surface area contributed by atoms with Crippen molar-refractivity contribution >= 4 is 0 Å². The van der Waals surface area contributed by atoms with Crippen LogP contribution in [0.25, 0.3) is 0 Å². The summed E-state index contributed by atoms with van der Waals surface area (Å²) in [6, 6.07) is 0. The average molecular weight is 296 g/mol. The molecule has 1 saturated heterocycles. The van der Waals surface area contributed by atoms with Crippen molar-refractivity contribution < 1.29 is 4.74 Å². The van der Waals surface area contributed by atoms with Gasteiger partial charge in [-0.05, 0) is 43.4 Å². The van der Waals surface area contributed by atoms with Crippen molar-refractivity contribution in [2.45, 2.75) is 77.9 Å². The summed E-state index contributed by atoms with van der Waals surface area (Å²) in [6.45, 7) is 13.2. The highest BCUT2D eigenvalue weighted by atomic mass is 16.5. The molecule has 2 rings (SSSR count). The van der Waals surface area contributed by atoms with E-state index in [1.165, 1.54) is 32.1 Å². The van der Waals surface area contributed by atoms with Crippen LogP contribution < -0.4 is 5.73 Å². The van der Waals surface area contributed by atoms with E-state index >= 15 is 0 Å². The summed E-state index contributed by atoms with van der Waals surface area (Å²) in [7, 11) is 0. The monoisotopic (exact) mass is 296 g/mol. The number of morpholine rings is 1. The van der Waals surface area contributed by atoms with E-state index in [0.29, 0.717) is 11.5 Å². The summed E-state index contributed by atoms with van der Waals surface area (Å²) >= 11 is 0. The zero-order valence-corrected chi connectivity index (χ0v) is 14.7. The molecule has 3 nitrogen and oxygen atoms in total. The highest BCUT2D eigenvalue weighted by Crippen LogP contribution is 2.41. The molecule has 124 valence electrons. The van der Waals surface area contributed by atoms with Gasteiger partial charge in [-0.25, -0.2) is 0 Å². The van der Waals surface area contributed by atoms with E-state index in [4.69, 9.17) is 10.5 Å². The maximum Gasteiger partial charge on any atom is 0.0700 e. The highest BCUT2D eigenvalue weighted by Gasteiger charge is 2.41. The maximum absolute atomic E-state index is 6.30. The Morgan fingerprint density at radius 3 is 2.62 bits per heavy atom. The molecule has 3 heteroatoms. The summed E-state index contributed by atoms with van der Waals surface area (Å²) in [4.78, 5) is 2.68. The van der Waals surface area contributed by atoms with Gasteiger partial charge in [0, 0.05) is 25.2 Å². The Labute approximate surface area is 131 Å². The van der Waals surface area contributed by atoms with Crippen LogP contribution in [0.4, 0.5) is 0 Å². The normalized spacial score (nSPS) is 36.4. The number of nitrogens with zero attached hydrogens (tertiary/aromatic N) is 1. The van der Waals surface area contributed by atoms with E-state index < -0.39 is 0 Å². The predicted molar refractivity (Wildman–Crippen MR) is 89.4 cm³/mol. The van der Waals surface area contributed by atoms with Crippen molar-refractivity contribution in [3.63, 3.8) is 0 Å². The Kier molecular flexibility index (Phi) is 5.72. The van der Waals surface area contributed by atoms with Gasteiger partial charge in [0.15, 0.2) is 0 Å². The molecule has 3 atom stereocenters. The zero-order valence-electron chi connectivity index (χ0n) is 14.7. The first-order chi connectivity index (χ1) is 9.91. The Morgan fingerprint density at radius 2 is 2.00 bits per heavy atom. The van der Waals surface area contributed by atoms with E-state index in [2.05, 4.69) is 32.6 Å². The summed E-state index contributed by atoms with van der Waals surface area (Å²) in [6.07, 6.45) is 8.08. The lowest BCUT2D eigenvalue weighted by molar-refractivity contribution is -0.0734. The second-order valence-electron chi connectivity index (χ2n) is 8.27. The second kappa shape index (κ2) is 6.97. The third kappa shape index (κ3) is 4.00. The fraction of sp³-hybridized carbons (Fsp3) is 1.00. The molecule has 3 unspecified atom stereocenters. The fourth-order valence-electron chi connectivity index (χ4n) is 4.30. The molecule has 2 aliphatic rings. The number of ether oxygens (including phenoxy) is 1. The van der Waals surface area contributed by atoms with Crippen LogP contribution in [0.5, 0.6) is 0 Å². The lowest BCUT2D eigenvalue weighted by Crippen LogP contribution is -2.59. The van der Waals surface area contributed by atoms with E-state index in [1.807, 2.05) is 0 Å². The minimum atomic E-state index is 0.233. The molecule has 0 aromatic heterocycles. The summed E-state index contributed by atoms with van der Waals surface area (Å²) < 4.78 is 5.86. The third-order valence-corrected chi connectivity index (χ3v) is 6.02. The fourth-order valence-corrected chi connectivity index (χ4v) is 4.30. The maximum atomic E-state index is 6.30. The van der Waals surface area contributed by atoms with Crippen LogP contribution in [0.2, 0.25) is 0 Å². The van der Waals surface area contributed by atoms with E-state index in [1.54, 1.807) is 0 Å². The standard InChI is InChI=1S/C18H36N2O/c1-5-16-13-20(11-12-21-16)18(14-19)9-6-7-15(8-10-18)17(2,3)4/h15-16H,5-14,19H2,1-4H3. The lowest BCUT2D eigenvalue weighted by atomic mass is 9.76. The topological polar surface area (TPSA) is 38.5 Å². The molecule has 21 heavy (non-hydrogen) atoms. The molecular weight excluding hydrogens is 260 g/mol. The molecule has 1 heterocycles. The van der Waals surface area contributed by atoms with Crippen molar-refractivity contribution in [3.05, 3.63) is 0 Å². The molecule has 2 N–H and O–H groups in total. The molecule has 0 bridgehead atoms. The molecule has 1 aliphatic heterocycles.